The van der Waals surface area contributed by atoms with Gasteiger partial charge in [-0.2, -0.15) is 0 Å². The number of benzene rings is 2. The zero-order valence-corrected chi connectivity index (χ0v) is 11.2. The van der Waals surface area contributed by atoms with E-state index >= 15 is 0 Å². The number of hydrogen-bond acceptors (Lipinski definition) is 1. The Labute approximate surface area is 110 Å². The summed E-state index contributed by atoms with van der Waals surface area (Å²) in [6.07, 6.45) is 2.03. The van der Waals surface area contributed by atoms with Crippen LogP contribution in [0.2, 0.25) is 0 Å². The molecule has 1 atom stereocenters. The van der Waals surface area contributed by atoms with Crippen molar-refractivity contribution in [3.05, 3.63) is 71.3 Å². The Balaban J connectivity index is 2.47. The van der Waals surface area contributed by atoms with Crippen molar-refractivity contribution in [2.24, 2.45) is 5.73 Å². The second-order valence-electron chi connectivity index (χ2n) is 4.95. The largest absolute Gasteiger partial charge is 0.318 e. The van der Waals surface area contributed by atoms with Crippen molar-refractivity contribution < 1.29 is 0 Å². The van der Waals surface area contributed by atoms with Gasteiger partial charge < -0.3 is 5.73 Å². The molecule has 2 aromatic carbocycles. The summed E-state index contributed by atoms with van der Waals surface area (Å²) in [6, 6.07) is 19.0. The molecule has 0 spiro atoms. The normalized spacial score (nSPS) is 14.2. The molecule has 2 aromatic rings. The Morgan fingerprint density at radius 1 is 0.889 bits per heavy atom. The molecule has 1 heteroatoms. The molecule has 0 aliphatic carbocycles. The van der Waals surface area contributed by atoms with E-state index in [-0.39, 0.29) is 5.54 Å². The molecular formula is C17H21N. The van der Waals surface area contributed by atoms with Crippen LogP contribution in [0.3, 0.4) is 0 Å². The van der Waals surface area contributed by atoms with Crippen LogP contribution in [0.5, 0.6) is 0 Å². The van der Waals surface area contributed by atoms with Gasteiger partial charge in [-0.25, -0.2) is 0 Å². The number of aryl methyl sites for hydroxylation is 1. The first kappa shape index (κ1) is 12.8. The summed E-state index contributed by atoms with van der Waals surface area (Å²) in [5.74, 6) is 0. The smallest absolute Gasteiger partial charge is 0.0665 e. The minimum absolute atomic E-state index is 0.371. The maximum absolute atomic E-state index is 6.70. The fourth-order valence-corrected chi connectivity index (χ4v) is 2.44. The molecule has 94 valence electrons. The highest BCUT2D eigenvalue weighted by atomic mass is 14.7. The molecule has 18 heavy (non-hydrogen) atoms. The minimum atomic E-state index is -0.371. The summed E-state index contributed by atoms with van der Waals surface area (Å²) in [7, 11) is 0. The van der Waals surface area contributed by atoms with Crippen LogP contribution >= 0.6 is 0 Å². The van der Waals surface area contributed by atoms with Crippen LogP contribution in [0.15, 0.2) is 54.6 Å². The summed E-state index contributed by atoms with van der Waals surface area (Å²) < 4.78 is 0. The Morgan fingerprint density at radius 3 is 2.00 bits per heavy atom. The average Bonchev–Trinajstić information content (AvgIpc) is 2.40. The van der Waals surface area contributed by atoms with Crippen LogP contribution in [-0.4, -0.2) is 0 Å². The summed E-state index contributed by atoms with van der Waals surface area (Å²) in [6.45, 7) is 4.28. The third-order valence-electron chi connectivity index (χ3n) is 3.50. The standard InChI is InChI=1S/C17H21N/c1-3-13-17(18,15-7-5-4-6-8-15)16-11-9-14(2)10-12-16/h4-12H,3,13,18H2,1-2H3. The summed E-state index contributed by atoms with van der Waals surface area (Å²) in [5.41, 5.74) is 9.99. The molecular weight excluding hydrogens is 218 g/mol. The monoisotopic (exact) mass is 239 g/mol. The summed E-state index contributed by atoms with van der Waals surface area (Å²) >= 11 is 0. The van der Waals surface area contributed by atoms with Gasteiger partial charge in [0.1, 0.15) is 0 Å². The zero-order chi connectivity index (χ0) is 13.0. The molecule has 0 aliphatic rings. The second-order valence-corrected chi connectivity index (χ2v) is 4.95. The van der Waals surface area contributed by atoms with E-state index < -0.39 is 0 Å². The van der Waals surface area contributed by atoms with Gasteiger partial charge in [0.2, 0.25) is 0 Å². The molecule has 0 saturated heterocycles. The molecule has 0 aliphatic heterocycles. The molecule has 2 N–H and O–H groups in total. The van der Waals surface area contributed by atoms with E-state index in [9.17, 15) is 0 Å². The van der Waals surface area contributed by atoms with Crippen molar-refractivity contribution in [3.63, 3.8) is 0 Å². The first-order valence-electron chi connectivity index (χ1n) is 6.58. The number of rotatable bonds is 4. The van der Waals surface area contributed by atoms with Crippen LogP contribution in [0, 0.1) is 6.92 Å². The van der Waals surface area contributed by atoms with Gasteiger partial charge in [0.25, 0.3) is 0 Å². The first-order valence-corrected chi connectivity index (χ1v) is 6.58. The highest BCUT2D eigenvalue weighted by molar-refractivity contribution is 5.38. The van der Waals surface area contributed by atoms with Crippen LogP contribution in [0.1, 0.15) is 36.5 Å². The van der Waals surface area contributed by atoms with E-state index in [2.05, 4.69) is 62.4 Å². The van der Waals surface area contributed by atoms with E-state index in [1.165, 1.54) is 16.7 Å². The Hall–Kier alpha value is -1.60. The lowest BCUT2D eigenvalue weighted by atomic mass is 9.80. The van der Waals surface area contributed by atoms with Crippen molar-refractivity contribution >= 4 is 0 Å². The second kappa shape index (κ2) is 5.36. The molecule has 0 aromatic heterocycles. The van der Waals surface area contributed by atoms with E-state index in [0.717, 1.165) is 12.8 Å². The number of hydrogen-bond donors (Lipinski definition) is 1. The van der Waals surface area contributed by atoms with E-state index in [1.54, 1.807) is 0 Å². The van der Waals surface area contributed by atoms with Gasteiger partial charge in [-0.3, -0.25) is 0 Å². The fraction of sp³-hybridized carbons (Fsp3) is 0.294. The van der Waals surface area contributed by atoms with Crippen molar-refractivity contribution in [2.75, 3.05) is 0 Å². The minimum Gasteiger partial charge on any atom is -0.318 e. The molecule has 2 rings (SSSR count). The first-order chi connectivity index (χ1) is 8.66. The number of nitrogens with two attached hydrogens (primary N) is 1. The average molecular weight is 239 g/mol. The van der Waals surface area contributed by atoms with E-state index in [1.807, 2.05) is 6.07 Å². The Kier molecular flexibility index (Phi) is 3.83. The van der Waals surface area contributed by atoms with Crippen molar-refractivity contribution in [3.8, 4) is 0 Å². The van der Waals surface area contributed by atoms with Gasteiger partial charge in [-0.1, -0.05) is 73.5 Å². The summed E-state index contributed by atoms with van der Waals surface area (Å²) in [4.78, 5) is 0. The molecule has 1 nitrogen and oxygen atoms in total. The predicted octanol–water partition coefficient (Wildman–Crippen LogP) is 4.00. The zero-order valence-electron chi connectivity index (χ0n) is 11.2. The predicted molar refractivity (Wildman–Crippen MR) is 77.5 cm³/mol. The topological polar surface area (TPSA) is 26.0 Å². The Morgan fingerprint density at radius 2 is 1.44 bits per heavy atom. The lowest BCUT2D eigenvalue weighted by Gasteiger charge is -2.30. The van der Waals surface area contributed by atoms with Crippen LogP contribution in [0.25, 0.3) is 0 Å². The highest BCUT2D eigenvalue weighted by Gasteiger charge is 2.28. The SMILES string of the molecule is CCCC(N)(c1ccccc1)c1ccc(C)cc1. The fourth-order valence-electron chi connectivity index (χ4n) is 2.44. The van der Waals surface area contributed by atoms with Crippen LogP contribution in [0.4, 0.5) is 0 Å². The van der Waals surface area contributed by atoms with Gasteiger partial charge in [-0.05, 0) is 24.5 Å². The van der Waals surface area contributed by atoms with Crippen LogP contribution < -0.4 is 5.73 Å². The third kappa shape index (κ3) is 2.46. The van der Waals surface area contributed by atoms with Gasteiger partial charge in [0.15, 0.2) is 0 Å². The molecule has 0 heterocycles. The molecule has 0 bridgehead atoms. The molecule has 0 amide bonds. The summed E-state index contributed by atoms with van der Waals surface area (Å²) in [5, 5.41) is 0. The van der Waals surface area contributed by atoms with Gasteiger partial charge in [0.05, 0.1) is 5.54 Å². The maximum Gasteiger partial charge on any atom is 0.0665 e. The van der Waals surface area contributed by atoms with Crippen molar-refractivity contribution in [1.29, 1.82) is 0 Å². The van der Waals surface area contributed by atoms with Gasteiger partial charge >= 0.3 is 0 Å². The lowest BCUT2D eigenvalue weighted by molar-refractivity contribution is 0.485. The molecule has 1 unspecified atom stereocenters. The van der Waals surface area contributed by atoms with E-state index in [0.29, 0.717) is 0 Å². The van der Waals surface area contributed by atoms with Gasteiger partial charge in [0, 0.05) is 0 Å². The maximum atomic E-state index is 6.70. The van der Waals surface area contributed by atoms with Crippen molar-refractivity contribution in [1.82, 2.24) is 0 Å². The lowest BCUT2D eigenvalue weighted by Crippen LogP contribution is -2.37. The molecule has 0 radical (unpaired) electrons. The highest BCUT2D eigenvalue weighted by Crippen LogP contribution is 2.31. The third-order valence-corrected chi connectivity index (χ3v) is 3.50. The van der Waals surface area contributed by atoms with E-state index in [4.69, 9.17) is 5.73 Å². The quantitative estimate of drug-likeness (QED) is 0.857. The Bertz CT molecular complexity index is 487. The van der Waals surface area contributed by atoms with Gasteiger partial charge in [-0.15, -0.1) is 0 Å². The molecule has 0 fully saturated rings. The van der Waals surface area contributed by atoms with Crippen molar-refractivity contribution in [2.45, 2.75) is 32.2 Å². The molecule has 0 saturated carbocycles. The van der Waals surface area contributed by atoms with Crippen LogP contribution in [-0.2, 0) is 5.54 Å².